The van der Waals surface area contributed by atoms with Gasteiger partial charge in [-0.15, -0.1) is 0 Å². The molecule has 2 aromatic carbocycles. The van der Waals surface area contributed by atoms with Crippen molar-refractivity contribution in [3.8, 4) is 0 Å². The van der Waals surface area contributed by atoms with E-state index < -0.39 is 59.7 Å². The minimum Gasteiger partial charge on any atom is -0.287 e. The minimum atomic E-state index is -4.93. The normalized spacial score (nSPS) is 12.0. The van der Waals surface area contributed by atoms with Gasteiger partial charge in [-0.05, 0) is 36.4 Å². The summed E-state index contributed by atoms with van der Waals surface area (Å²) in [5.41, 5.74) is -3.00. The maximum Gasteiger partial charge on any atom is 0.417 e. The average Bonchev–Trinajstić information content (AvgIpc) is 2.72. The minimum absolute atomic E-state index is 0.119. The number of anilines is 2. The number of carbonyl (C=O) groups excluding carboxylic acids is 1. The maximum absolute atomic E-state index is 13.2. The van der Waals surface area contributed by atoms with E-state index in [1.54, 1.807) is 0 Å². The highest BCUT2D eigenvalue weighted by atomic mass is 35.5. The predicted octanol–water partition coefficient (Wildman–Crippen LogP) is 5.03. The first-order chi connectivity index (χ1) is 16.2. The van der Waals surface area contributed by atoms with E-state index in [-0.39, 0.29) is 21.3 Å². The Morgan fingerprint density at radius 3 is 2.29 bits per heavy atom. The van der Waals surface area contributed by atoms with E-state index in [0.29, 0.717) is 6.07 Å². The van der Waals surface area contributed by atoms with Crippen LogP contribution in [0.25, 0.3) is 0 Å². The molecule has 35 heavy (non-hydrogen) atoms. The third kappa shape index (κ3) is 6.16. The van der Waals surface area contributed by atoms with Crippen LogP contribution in [0.1, 0.15) is 21.6 Å². The van der Waals surface area contributed by atoms with Gasteiger partial charge in [-0.3, -0.25) is 14.2 Å². The SMILES string of the molecule is O=C(c1ncc(Cl)cc1NS(=O)(=O)c1ccc(Cl)c(C(F)(F)F)c1)c1c(Cl)cccc1N[SH](=O)=O. The summed E-state index contributed by atoms with van der Waals surface area (Å²) in [4.78, 5) is 16.2. The Bertz CT molecular complexity index is 1510. The number of hydrogen-bond acceptors (Lipinski definition) is 6. The first kappa shape index (κ1) is 27.0. The van der Waals surface area contributed by atoms with Gasteiger partial charge in [-0.2, -0.15) is 13.2 Å². The highest BCUT2D eigenvalue weighted by Crippen LogP contribution is 2.37. The van der Waals surface area contributed by atoms with Crippen LogP contribution >= 0.6 is 34.8 Å². The number of ketones is 1. The molecule has 0 spiro atoms. The van der Waals surface area contributed by atoms with Crippen LogP contribution in [0.3, 0.4) is 0 Å². The fourth-order valence-corrected chi connectivity index (χ4v) is 4.96. The summed E-state index contributed by atoms with van der Waals surface area (Å²) in [6, 6.07) is 6.79. The number of thiol groups is 1. The van der Waals surface area contributed by atoms with Crippen molar-refractivity contribution in [3.05, 3.63) is 80.6 Å². The number of nitrogens with zero attached hydrogens (tertiary/aromatic N) is 1. The molecular formula is C19H11Cl3F3N3O5S2. The van der Waals surface area contributed by atoms with Gasteiger partial charge >= 0.3 is 6.18 Å². The van der Waals surface area contributed by atoms with Gasteiger partial charge < -0.3 is 0 Å². The van der Waals surface area contributed by atoms with Crippen LogP contribution < -0.4 is 9.44 Å². The fourth-order valence-electron chi connectivity index (χ4n) is 2.86. The number of pyridine rings is 1. The van der Waals surface area contributed by atoms with Gasteiger partial charge in [-0.1, -0.05) is 40.9 Å². The molecule has 0 radical (unpaired) electrons. The number of aromatic nitrogens is 1. The molecule has 186 valence electrons. The van der Waals surface area contributed by atoms with Gasteiger partial charge in [0.15, 0.2) is 0 Å². The zero-order valence-electron chi connectivity index (χ0n) is 16.7. The van der Waals surface area contributed by atoms with Gasteiger partial charge in [0.1, 0.15) is 5.69 Å². The molecule has 1 heterocycles. The summed E-state index contributed by atoms with van der Waals surface area (Å²) in [6.45, 7) is 0. The third-order valence-electron chi connectivity index (χ3n) is 4.32. The summed E-state index contributed by atoms with van der Waals surface area (Å²) in [5, 5.41) is -1.02. The van der Waals surface area contributed by atoms with Gasteiger partial charge in [0, 0.05) is 6.20 Å². The van der Waals surface area contributed by atoms with Crippen molar-refractivity contribution in [2.24, 2.45) is 0 Å². The van der Waals surface area contributed by atoms with E-state index in [1.807, 2.05) is 9.44 Å². The highest BCUT2D eigenvalue weighted by Gasteiger charge is 2.35. The van der Waals surface area contributed by atoms with Crippen molar-refractivity contribution < 1.29 is 34.8 Å². The number of hydrogen-bond donors (Lipinski definition) is 3. The largest absolute Gasteiger partial charge is 0.417 e. The monoisotopic (exact) mass is 587 g/mol. The van der Waals surface area contributed by atoms with Crippen LogP contribution in [0, 0.1) is 0 Å². The van der Waals surface area contributed by atoms with Crippen LogP contribution in [0.4, 0.5) is 24.5 Å². The fraction of sp³-hybridized carbons (Fsp3) is 0.0526. The topological polar surface area (TPSA) is 122 Å². The quantitative estimate of drug-likeness (QED) is 0.263. The average molecular weight is 589 g/mol. The Morgan fingerprint density at radius 2 is 1.66 bits per heavy atom. The zero-order chi connectivity index (χ0) is 26.1. The van der Waals surface area contributed by atoms with E-state index in [1.165, 1.54) is 18.2 Å². The molecule has 8 nitrogen and oxygen atoms in total. The summed E-state index contributed by atoms with van der Waals surface area (Å²) >= 11 is 17.5. The molecule has 0 fully saturated rings. The molecule has 0 unspecified atom stereocenters. The molecule has 0 amide bonds. The van der Waals surface area contributed by atoms with Crippen molar-refractivity contribution in [1.29, 1.82) is 0 Å². The van der Waals surface area contributed by atoms with Crippen molar-refractivity contribution in [2.45, 2.75) is 11.1 Å². The first-order valence-corrected chi connectivity index (χ1v) is 12.8. The number of sulfonamides is 1. The van der Waals surface area contributed by atoms with Crippen LogP contribution in [-0.2, 0) is 27.1 Å². The number of alkyl halides is 3. The lowest BCUT2D eigenvalue weighted by Crippen LogP contribution is -2.18. The Labute approximate surface area is 213 Å². The summed E-state index contributed by atoms with van der Waals surface area (Å²) in [5.74, 6) is -1.00. The van der Waals surface area contributed by atoms with Crippen LogP contribution in [0.15, 0.2) is 53.6 Å². The zero-order valence-corrected chi connectivity index (χ0v) is 20.7. The van der Waals surface area contributed by atoms with Gasteiger partial charge in [0.25, 0.3) is 10.0 Å². The molecule has 3 aromatic rings. The van der Waals surface area contributed by atoms with Gasteiger partial charge in [0.2, 0.25) is 16.7 Å². The number of carbonyl (C=O) groups is 1. The van der Waals surface area contributed by atoms with Gasteiger partial charge in [0.05, 0.1) is 42.5 Å². The van der Waals surface area contributed by atoms with Crippen molar-refractivity contribution in [3.63, 3.8) is 0 Å². The molecule has 3 rings (SSSR count). The van der Waals surface area contributed by atoms with E-state index in [9.17, 15) is 34.8 Å². The van der Waals surface area contributed by atoms with E-state index >= 15 is 0 Å². The maximum atomic E-state index is 13.2. The number of benzene rings is 2. The van der Waals surface area contributed by atoms with Crippen LogP contribution in [-0.4, -0.2) is 27.6 Å². The van der Waals surface area contributed by atoms with E-state index in [4.69, 9.17) is 34.8 Å². The second kappa shape index (κ2) is 10.2. The molecule has 0 saturated carbocycles. The molecule has 0 aliphatic carbocycles. The number of nitrogens with one attached hydrogen (secondary N) is 2. The Kier molecular flexibility index (Phi) is 7.86. The summed E-state index contributed by atoms with van der Waals surface area (Å²) < 4.78 is 91.6. The number of rotatable bonds is 7. The molecule has 0 atom stereocenters. The standard InChI is InChI=1S/C19H11Cl3F3N3O5S2/c20-9-6-15(28-35(32,33)10-4-5-12(21)11(7-10)19(23,24)25)17(26-8-9)18(29)16-13(22)2-1-3-14(16)27-34(30)31/h1-8,28,34H,(H,27,30,31). The van der Waals surface area contributed by atoms with Crippen LogP contribution in [0.5, 0.6) is 0 Å². The first-order valence-electron chi connectivity index (χ1n) is 9.00. The molecule has 2 N–H and O–H groups in total. The van der Waals surface area contributed by atoms with E-state index in [0.717, 1.165) is 24.4 Å². The smallest absolute Gasteiger partial charge is 0.287 e. The number of halogens is 6. The molecule has 0 bridgehead atoms. The van der Waals surface area contributed by atoms with E-state index in [2.05, 4.69) is 4.98 Å². The summed E-state index contributed by atoms with van der Waals surface area (Å²) in [7, 11) is -7.91. The molecular weight excluding hydrogens is 578 g/mol. The van der Waals surface area contributed by atoms with Crippen LogP contribution in [0.2, 0.25) is 15.1 Å². The lowest BCUT2D eigenvalue weighted by atomic mass is 10.0. The second-order valence-electron chi connectivity index (χ2n) is 6.66. The van der Waals surface area contributed by atoms with Crippen molar-refractivity contribution in [2.75, 3.05) is 9.44 Å². The Balaban J connectivity index is 2.11. The Morgan fingerprint density at radius 1 is 0.971 bits per heavy atom. The molecule has 16 heteroatoms. The lowest BCUT2D eigenvalue weighted by Gasteiger charge is -2.15. The molecule has 0 aliphatic heterocycles. The lowest BCUT2D eigenvalue weighted by molar-refractivity contribution is -0.137. The predicted molar refractivity (Wildman–Crippen MR) is 125 cm³/mol. The molecule has 1 aromatic heterocycles. The second-order valence-corrected chi connectivity index (χ2v) is 10.3. The molecule has 0 saturated heterocycles. The van der Waals surface area contributed by atoms with Crippen molar-refractivity contribution in [1.82, 2.24) is 4.98 Å². The third-order valence-corrected chi connectivity index (χ3v) is 6.96. The summed E-state index contributed by atoms with van der Waals surface area (Å²) in [6.07, 6.45) is -3.92. The highest BCUT2D eigenvalue weighted by molar-refractivity contribution is 7.92. The van der Waals surface area contributed by atoms with Gasteiger partial charge in [-0.25, -0.2) is 21.8 Å². The molecule has 0 aliphatic rings. The Hall–Kier alpha value is -2.58. The van der Waals surface area contributed by atoms with Crippen molar-refractivity contribution >= 4 is 72.9 Å².